The number of nitrogens with one attached hydrogen (secondary N) is 1. The van der Waals surface area contributed by atoms with Gasteiger partial charge in [-0.3, -0.25) is 4.79 Å². The van der Waals surface area contributed by atoms with Crippen molar-refractivity contribution < 1.29 is 18.0 Å². The molecule has 0 spiro atoms. The Kier molecular flexibility index (Phi) is 5.20. The quantitative estimate of drug-likeness (QED) is 0.768. The maximum atomic E-state index is 12.7. The van der Waals surface area contributed by atoms with E-state index in [4.69, 9.17) is 11.6 Å². The maximum absolute atomic E-state index is 12.7. The average molecular weight is 385 g/mol. The first-order chi connectivity index (χ1) is 9.77. The van der Waals surface area contributed by atoms with Crippen molar-refractivity contribution in [3.05, 3.63) is 33.3 Å². The number of hydrogen-bond donors (Lipinski definition) is 1. The smallest absolute Gasteiger partial charge is 0.349 e. The third-order valence-corrected chi connectivity index (χ3v) is 4.89. The topological polar surface area (TPSA) is 29.1 Å². The van der Waals surface area contributed by atoms with Gasteiger partial charge in [-0.15, -0.1) is 0 Å². The highest BCUT2D eigenvalue weighted by atomic mass is 79.9. The summed E-state index contributed by atoms with van der Waals surface area (Å²) in [6.45, 7) is 0. The second-order valence-electron chi connectivity index (χ2n) is 5.20. The minimum absolute atomic E-state index is 0.0561. The van der Waals surface area contributed by atoms with Gasteiger partial charge >= 0.3 is 6.18 Å². The van der Waals surface area contributed by atoms with Gasteiger partial charge in [0.15, 0.2) is 0 Å². The lowest BCUT2D eigenvalue weighted by molar-refractivity contribution is -0.183. The van der Waals surface area contributed by atoms with E-state index in [-0.39, 0.29) is 12.8 Å². The van der Waals surface area contributed by atoms with Crippen molar-refractivity contribution >= 4 is 33.4 Å². The van der Waals surface area contributed by atoms with Gasteiger partial charge in [0.05, 0.1) is 10.9 Å². The fraction of sp³-hybridized carbons (Fsp3) is 0.500. The second-order valence-corrected chi connectivity index (χ2v) is 6.47. The van der Waals surface area contributed by atoms with Crippen LogP contribution in [0.5, 0.6) is 0 Å². The van der Waals surface area contributed by atoms with Crippen molar-refractivity contribution in [1.82, 2.24) is 5.32 Å². The Bertz CT molecular complexity index is 535. The molecule has 2 atom stereocenters. The number of carbonyl (C=O) groups excluding carboxylic acids is 1. The van der Waals surface area contributed by atoms with E-state index < -0.39 is 24.0 Å². The summed E-state index contributed by atoms with van der Waals surface area (Å²) in [4.78, 5) is 12.1. The summed E-state index contributed by atoms with van der Waals surface area (Å²) in [6.07, 6.45) is -3.07. The Labute approximate surface area is 134 Å². The zero-order valence-corrected chi connectivity index (χ0v) is 13.4. The zero-order valence-electron chi connectivity index (χ0n) is 11.0. The molecule has 7 heteroatoms. The molecule has 0 bridgehead atoms. The minimum Gasteiger partial charge on any atom is -0.349 e. The molecule has 0 aliphatic heterocycles. The Morgan fingerprint density at radius 1 is 1.33 bits per heavy atom. The number of carbonyl (C=O) groups is 1. The Hall–Kier alpha value is -0.750. The molecule has 0 aromatic heterocycles. The molecule has 0 heterocycles. The second kappa shape index (κ2) is 6.57. The van der Waals surface area contributed by atoms with Gasteiger partial charge in [0.1, 0.15) is 0 Å². The lowest BCUT2D eigenvalue weighted by Gasteiger charge is -2.31. The monoisotopic (exact) mass is 383 g/mol. The van der Waals surface area contributed by atoms with Crippen LogP contribution >= 0.6 is 27.5 Å². The Balaban J connectivity index is 2.00. The first-order valence-electron chi connectivity index (χ1n) is 6.60. The van der Waals surface area contributed by atoms with Gasteiger partial charge in [-0.1, -0.05) is 18.0 Å². The Morgan fingerprint density at radius 3 is 2.67 bits per heavy atom. The van der Waals surface area contributed by atoms with Gasteiger partial charge in [0.2, 0.25) is 0 Å². The number of rotatable bonds is 2. The molecule has 1 aliphatic rings. The largest absolute Gasteiger partial charge is 0.391 e. The molecule has 1 N–H and O–H groups in total. The molecule has 2 unspecified atom stereocenters. The van der Waals surface area contributed by atoms with Gasteiger partial charge in [0, 0.05) is 16.1 Å². The highest BCUT2D eigenvalue weighted by Gasteiger charge is 2.42. The zero-order chi connectivity index (χ0) is 15.6. The summed E-state index contributed by atoms with van der Waals surface area (Å²) in [5.74, 6) is -1.72. The minimum atomic E-state index is -4.19. The van der Waals surface area contributed by atoms with Crippen LogP contribution < -0.4 is 5.32 Å². The molecule has 1 saturated carbocycles. The van der Waals surface area contributed by atoms with E-state index in [2.05, 4.69) is 21.2 Å². The first kappa shape index (κ1) is 16.6. The van der Waals surface area contributed by atoms with E-state index in [1.807, 2.05) is 0 Å². The summed E-state index contributed by atoms with van der Waals surface area (Å²) in [6, 6.07) is 4.26. The van der Waals surface area contributed by atoms with Gasteiger partial charge < -0.3 is 5.32 Å². The average Bonchev–Trinajstić information content (AvgIpc) is 2.41. The number of hydrogen-bond acceptors (Lipinski definition) is 1. The van der Waals surface area contributed by atoms with Crippen LogP contribution in [-0.2, 0) is 0 Å². The molecular weight excluding hydrogens is 371 g/mol. The predicted octanol–water partition coefficient (Wildman–Crippen LogP) is 4.95. The molecule has 1 aromatic rings. The fourth-order valence-corrected chi connectivity index (χ4v) is 2.95. The summed E-state index contributed by atoms with van der Waals surface area (Å²) < 4.78 is 38.9. The number of benzene rings is 1. The molecule has 2 rings (SSSR count). The van der Waals surface area contributed by atoms with Crippen molar-refractivity contribution in [2.75, 3.05) is 0 Å². The molecule has 0 saturated heterocycles. The van der Waals surface area contributed by atoms with Crippen LogP contribution in [0.1, 0.15) is 36.0 Å². The van der Waals surface area contributed by atoms with Gasteiger partial charge in [0.25, 0.3) is 5.91 Å². The fourth-order valence-electron chi connectivity index (χ4n) is 2.52. The highest BCUT2D eigenvalue weighted by Crippen LogP contribution is 2.37. The molecule has 1 fully saturated rings. The maximum Gasteiger partial charge on any atom is 0.391 e. The number of amides is 1. The van der Waals surface area contributed by atoms with Gasteiger partial charge in [-0.25, -0.2) is 0 Å². The number of halogens is 5. The van der Waals surface area contributed by atoms with E-state index in [1.165, 1.54) is 6.07 Å². The van der Waals surface area contributed by atoms with Crippen molar-refractivity contribution in [3.63, 3.8) is 0 Å². The van der Waals surface area contributed by atoms with Crippen LogP contribution in [0.2, 0.25) is 5.02 Å². The summed E-state index contributed by atoms with van der Waals surface area (Å²) in [5.41, 5.74) is 0.345. The van der Waals surface area contributed by atoms with Crippen molar-refractivity contribution in [2.45, 2.75) is 37.9 Å². The van der Waals surface area contributed by atoms with E-state index in [0.29, 0.717) is 27.9 Å². The SMILES string of the molecule is O=C(NC1CCCC(C(F)(F)F)C1)c1ccc(Br)c(Cl)c1. The van der Waals surface area contributed by atoms with E-state index in [1.54, 1.807) is 12.1 Å². The van der Waals surface area contributed by atoms with Gasteiger partial charge in [-0.05, 0) is 53.4 Å². The van der Waals surface area contributed by atoms with Crippen molar-refractivity contribution in [1.29, 1.82) is 0 Å². The summed E-state index contributed by atoms with van der Waals surface area (Å²) >= 11 is 9.13. The molecular formula is C14H14BrClF3NO. The van der Waals surface area contributed by atoms with Crippen molar-refractivity contribution in [3.8, 4) is 0 Å². The molecule has 1 aromatic carbocycles. The molecule has 116 valence electrons. The van der Waals surface area contributed by atoms with Crippen molar-refractivity contribution in [2.24, 2.45) is 5.92 Å². The van der Waals surface area contributed by atoms with Crippen LogP contribution in [0.15, 0.2) is 22.7 Å². The van der Waals surface area contributed by atoms with Gasteiger partial charge in [-0.2, -0.15) is 13.2 Å². The summed E-state index contributed by atoms with van der Waals surface area (Å²) in [5, 5.41) is 3.06. The lowest BCUT2D eigenvalue weighted by Crippen LogP contribution is -2.41. The van der Waals surface area contributed by atoms with Crippen LogP contribution in [0, 0.1) is 5.92 Å². The third kappa shape index (κ3) is 4.36. The molecule has 1 amide bonds. The summed E-state index contributed by atoms with van der Waals surface area (Å²) in [7, 11) is 0. The normalized spacial score (nSPS) is 22.9. The third-order valence-electron chi connectivity index (χ3n) is 3.65. The van der Waals surface area contributed by atoms with Crippen LogP contribution in [-0.4, -0.2) is 18.1 Å². The van der Waals surface area contributed by atoms with E-state index in [9.17, 15) is 18.0 Å². The molecule has 1 aliphatic carbocycles. The number of alkyl halides is 3. The Morgan fingerprint density at radius 2 is 2.05 bits per heavy atom. The predicted molar refractivity (Wildman–Crippen MR) is 78.4 cm³/mol. The molecule has 2 nitrogen and oxygen atoms in total. The van der Waals surface area contributed by atoms with Crippen LogP contribution in [0.3, 0.4) is 0 Å². The first-order valence-corrected chi connectivity index (χ1v) is 7.77. The molecule has 0 radical (unpaired) electrons. The van der Waals surface area contributed by atoms with E-state index >= 15 is 0 Å². The molecule has 21 heavy (non-hydrogen) atoms. The van der Waals surface area contributed by atoms with E-state index in [0.717, 1.165) is 0 Å². The lowest BCUT2D eigenvalue weighted by atomic mass is 9.85. The standard InChI is InChI=1S/C14H14BrClF3NO/c15-11-5-4-8(6-12(11)16)13(21)20-10-3-1-2-9(7-10)14(17,18)19/h4-6,9-10H,1-3,7H2,(H,20,21). The van der Waals surface area contributed by atoms with Crippen LogP contribution in [0.4, 0.5) is 13.2 Å². The van der Waals surface area contributed by atoms with Crippen LogP contribution in [0.25, 0.3) is 0 Å². The highest BCUT2D eigenvalue weighted by molar-refractivity contribution is 9.10.